The number of carbonyl (C=O) groups excluding carboxylic acids is 2. The van der Waals surface area contributed by atoms with E-state index in [4.69, 9.17) is 11.0 Å². The van der Waals surface area contributed by atoms with Crippen molar-refractivity contribution in [2.75, 3.05) is 0 Å². The van der Waals surface area contributed by atoms with Gasteiger partial charge in [0.2, 0.25) is 5.91 Å². The molecule has 126 valence electrons. The highest BCUT2D eigenvalue weighted by Gasteiger charge is 2.21. The van der Waals surface area contributed by atoms with Crippen LogP contribution in [0.3, 0.4) is 0 Å². The average Bonchev–Trinajstić information content (AvgIpc) is 2.61. The number of non-ortho nitro benzene ring substituents is 1. The van der Waals surface area contributed by atoms with Gasteiger partial charge in [0.05, 0.1) is 16.6 Å². The molecule has 25 heavy (non-hydrogen) atoms. The molecule has 3 N–H and O–H groups in total. The van der Waals surface area contributed by atoms with Crippen LogP contribution in [0.2, 0.25) is 0 Å². The van der Waals surface area contributed by atoms with Crippen LogP contribution in [0.5, 0.6) is 0 Å². The fraction of sp³-hybridized carbons (Fsp3) is 0.118. The van der Waals surface area contributed by atoms with Gasteiger partial charge in [0.1, 0.15) is 6.04 Å². The molecule has 2 aromatic rings. The van der Waals surface area contributed by atoms with Crippen LogP contribution >= 0.6 is 0 Å². The zero-order valence-corrected chi connectivity index (χ0v) is 13.0. The van der Waals surface area contributed by atoms with Gasteiger partial charge in [0.25, 0.3) is 11.6 Å². The summed E-state index contributed by atoms with van der Waals surface area (Å²) in [6.45, 7) is 0. The SMILES string of the molecule is N#Cc1ccccc1C[C@@H](NC(=O)c1cccc([N+](=O)[O-])c1)C(N)=O. The van der Waals surface area contributed by atoms with Gasteiger partial charge in [0.15, 0.2) is 0 Å². The highest BCUT2D eigenvalue weighted by atomic mass is 16.6. The smallest absolute Gasteiger partial charge is 0.270 e. The second kappa shape index (κ2) is 7.70. The van der Waals surface area contributed by atoms with Crippen LogP contribution < -0.4 is 11.1 Å². The number of nitrogens with one attached hydrogen (secondary N) is 1. The van der Waals surface area contributed by atoms with Crippen molar-refractivity contribution >= 4 is 17.5 Å². The van der Waals surface area contributed by atoms with Crippen molar-refractivity contribution in [2.24, 2.45) is 5.73 Å². The van der Waals surface area contributed by atoms with E-state index < -0.39 is 22.8 Å². The Morgan fingerprint density at radius 3 is 2.60 bits per heavy atom. The van der Waals surface area contributed by atoms with Crippen LogP contribution in [0.25, 0.3) is 0 Å². The molecular weight excluding hydrogens is 324 g/mol. The van der Waals surface area contributed by atoms with Gasteiger partial charge < -0.3 is 11.1 Å². The summed E-state index contributed by atoms with van der Waals surface area (Å²) in [7, 11) is 0. The molecular formula is C17H14N4O4. The maximum Gasteiger partial charge on any atom is 0.270 e. The summed E-state index contributed by atoms with van der Waals surface area (Å²) in [6, 6.07) is 12.7. The van der Waals surface area contributed by atoms with Crippen molar-refractivity contribution in [1.29, 1.82) is 5.26 Å². The second-order valence-electron chi connectivity index (χ2n) is 5.21. The van der Waals surface area contributed by atoms with Crippen LogP contribution in [0.1, 0.15) is 21.5 Å². The molecule has 0 heterocycles. The molecule has 8 heteroatoms. The van der Waals surface area contributed by atoms with Gasteiger partial charge in [-0.15, -0.1) is 0 Å². The lowest BCUT2D eigenvalue weighted by Gasteiger charge is -2.16. The number of hydrogen-bond donors (Lipinski definition) is 2. The molecule has 0 fully saturated rings. The number of nitrogens with zero attached hydrogens (tertiary/aromatic N) is 2. The zero-order chi connectivity index (χ0) is 18.4. The molecule has 0 saturated carbocycles. The number of nitro benzene ring substituents is 1. The van der Waals surface area contributed by atoms with Crippen LogP contribution in [0.4, 0.5) is 5.69 Å². The lowest BCUT2D eigenvalue weighted by atomic mass is 10.00. The molecule has 0 aliphatic carbocycles. The quantitative estimate of drug-likeness (QED) is 0.603. The first-order chi connectivity index (χ1) is 11.9. The van der Waals surface area contributed by atoms with Crippen molar-refractivity contribution < 1.29 is 14.5 Å². The van der Waals surface area contributed by atoms with Gasteiger partial charge in [0, 0.05) is 24.1 Å². The Bertz CT molecular complexity index is 873. The number of benzene rings is 2. The maximum absolute atomic E-state index is 12.3. The number of nitrogens with two attached hydrogens (primary N) is 1. The summed E-state index contributed by atoms with van der Waals surface area (Å²) in [5.74, 6) is -1.44. The normalized spacial score (nSPS) is 11.2. The highest BCUT2D eigenvalue weighted by molar-refractivity contribution is 5.97. The number of rotatable bonds is 6. The second-order valence-corrected chi connectivity index (χ2v) is 5.21. The molecule has 0 aliphatic heterocycles. The van der Waals surface area contributed by atoms with Gasteiger partial charge in [-0.3, -0.25) is 19.7 Å². The van der Waals surface area contributed by atoms with E-state index >= 15 is 0 Å². The van der Waals surface area contributed by atoms with E-state index in [-0.39, 0.29) is 17.7 Å². The van der Waals surface area contributed by atoms with Crippen molar-refractivity contribution in [3.05, 3.63) is 75.3 Å². The van der Waals surface area contributed by atoms with Gasteiger partial charge in [-0.05, 0) is 17.7 Å². The van der Waals surface area contributed by atoms with Crippen molar-refractivity contribution in [3.8, 4) is 6.07 Å². The third kappa shape index (κ3) is 4.39. The van der Waals surface area contributed by atoms with Crippen molar-refractivity contribution in [3.63, 3.8) is 0 Å². The first-order valence-electron chi connectivity index (χ1n) is 7.25. The summed E-state index contributed by atoms with van der Waals surface area (Å²) in [6.07, 6.45) is 0.0414. The largest absolute Gasteiger partial charge is 0.368 e. The third-order valence-corrected chi connectivity index (χ3v) is 3.53. The standard InChI is InChI=1S/C17H14N4O4/c18-10-13-5-2-1-4-11(13)9-15(16(19)22)20-17(23)12-6-3-7-14(8-12)21(24)25/h1-8,15H,9H2,(H2,19,22)(H,20,23)/t15-/m1/s1. The number of nitriles is 1. The minimum atomic E-state index is -1.05. The van der Waals surface area contributed by atoms with E-state index in [1.54, 1.807) is 24.3 Å². The van der Waals surface area contributed by atoms with Crippen LogP contribution in [0.15, 0.2) is 48.5 Å². The first-order valence-corrected chi connectivity index (χ1v) is 7.25. The number of hydrogen-bond acceptors (Lipinski definition) is 5. The van der Waals surface area contributed by atoms with E-state index in [0.717, 1.165) is 6.07 Å². The predicted molar refractivity (Wildman–Crippen MR) is 88.4 cm³/mol. The molecule has 0 unspecified atom stereocenters. The molecule has 8 nitrogen and oxygen atoms in total. The fourth-order valence-corrected chi connectivity index (χ4v) is 2.25. The lowest BCUT2D eigenvalue weighted by molar-refractivity contribution is -0.384. The van der Waals surface area contributed by atoms with Crippen molar-refractivity contribution in [1.82, 2.24) is 5.32 Å². The first kappa shape index (κ1) is 17.6. The Morgan fingerprint density at radius 1 is 1.24 bits per heavy atom. The molecule has 0 spiro atoms. The molecule has 1 atom stereocenters. The van der Waals surface area contributed by atoms with Crippen LogP contribution in [-0.2, 0) is 11.2 Å². The van der Waals surface area contributed by atoms with Crippen molar-refractivity contribution in [2.45, 2.75) is 12.5 Å². The predicted octanol–water partition coefficient (Wildman–Crippen LogP) is 1.29. The van der Waals surface area contributed by atoms with Gasteiger partial charge in [-0.25, -0.2) is 0 Å². The van der Waals surface area contributed by atoms with Gasteiger partial charge in [-0.2, -0.15) is 5.26 Å². The molecule has 2 amide bonds. The Balaban J connectivity index is 2.20. The monoisotopic (exact) mass is 338 g/mol. The number of nitro groups is 1. The van der Waals surface area contributed by atoms with E-state index in [1.165, 1.54) is 18.2 Å². The topological polar surface area (TPSA) is 139 Å². The molecule has 0 aromatic heterocycles. The number of primary amides is 1. The highest BCUT2D eigenvalue weighted by Crippen LogP contribution is 2.14. The van der Waals surface area contributed by atoms with E-state index in [0.29, 0.717) is 11.1 Å². The minimum absolute atomic E-state index is 0.0361. The van der Waals surface area contributed by atoms with E-state index in [1.807, 2.05) is 6.07 Å². The maximum atomic E-state index is 12.3. The third-order valence-electron chi connectivity index (χ3n) is 3.53. The van der Waals surface area contributed by atoms with E-state index in [9.17, 15) is 19.7 Å². The Morgan fingerprint density at radius 2 is 1.96 bits per heavy atom. The summed E-state index contributed by atoms with van der Waals surface area (Å²) >= 11 is 0. The number of carbonyl (C=O) groups is 2. The fourth-order valence-electron chi connectivity index (χ4n) is 2.25. The lowest BCUT2D eigenvalue weighted by Crippen LogP contribution is -2.46. The summed E-state index contributed by atoms with van der Waals surface area (Å²) in [5.41, 5.74) is 6.07. The molecule has 2 rings (SSSR count). The average molecular weight is 338 g/mol. The summed E-state index contributed by atoms with van der Waals surface area (Å²) in [5, 5.41) is 22.3. The Hall–Kier alpha value is -3.73. The Kier molecular flexibility index (Phi) is 5.43. The van der Waals surface area contributed by atoms with Gasteiger partial charge >= 0.3 is 0 Å². The van der Waals surface area contributed by atoms with Gasteiger partial charge in [-0.1, -0.05) is 24.3 Å². The molecule has 0 saturated heterocycles. The summed E-state index contributed by atoms with van der Waals surface area (Å²) < 4.78 is 0. The molecule has 0 bridgehead atoms. The van der Waals surface area contributed by atoms with Crippen LogP contribution in [-0.4, -0.2) is 22.8 Å². The minimum Gasteiger partial charge on any atom is -0.368 e. The molecule has 0 radical (unpaired) electrons. The zero-order valence-electron chi connectivity index (χ0n) is 13.0. The Labute approximate surface area is 143 Å². The molecule has 2 aromatic carbocycles. The summed E-state index contributed by atoms with van der Waals surface area (Å²) in [4.78, 5) is 34.1. The van der Waals surface area contributed by atoms with Crippen LogP contribution in [0, 0.1) is 21.4 Å². The van der Waals surface area contributed by atoms with E-state index in [2.05, 4.69) is 5.32 Å². The number of amides is 2. The molecule has 0 aliphatic rings.